The highest BCUT2D eigenvalue weighted by atomic mass is 32.2. The SMILES string of the molecule is COc1cc(C2SC(=Cc3ccccc3)C(=O)N2c2ccc([N+](=O)[O-])cc2)cc(OC)c1OC. The van der Waals surface area contributed by atoms with Gasteiger partial charge in [-0.25, -0.2) is 0 Å². The van der Waals surface area contributed by atoms with Gasteiger partial charge in [0.25, 0.3) is 11.6 Å². The van der Waals surface area contributed by atoms with Crippen molar-refractivity contribution in [2.75, 3.05) is 26.2 Å². The van der Waals surface area contributed by atoms with Crippen molar-refractivity contribution < 1.29 is 23.9 Å². The van der Waals surface area contributed by atoms with Gasteiger partial charge in [0, 0.05) is 17.8 Å². The molecule has 0 aliphatic carbocycles. The van der Waals surface area contributed by atoms with Crippen LogP contribution in [0.15, 0.2) is 71.6 Å². The fourth-order valence-electron chi connectivity index (χ4n) is 3.69. The van der Waals surface area contributed by atoms with Gasteiger partial charge >= 0.3 is 0 Å². The second-order valence-corrected chi connectivity index (χ2v) is 8.42. The first-order chi connectivity index (χ1) is 16.5. The molecule has 1 heterocycles. The van der Waals surface area contributed by atoms with Crippen LogP contribution in [0.3, 0.4) is 0 Å². The van der Waals surface area contributed by atoms with Gasteiger partial charge in [0.15, 0.2) is 11.5 Å². The number of anilines is 1. The number of non-ortho nitro benzene ring substituents is 1. The Hall–Kier alpha value is -3.98. The summed E-state index contributed by atoms with van der Waals surface area (Å²) in [7, 11) is 4.59. The van der Waals surface area contributed by atoms with Crippen LogP contribution in [0.4, 0.5) is 11.4 Å². The molecule has 3 aromatic rings. The molecular formula is C25H22N2O6S. The molecule has 1 fully saturated rings. The minimum Gasteiger partial charge on any atom is -0.493 e. The molecule has 0 spiro atoms. The third-order valence-corrected chi connectivity index (χ3v) is 6.56. The third kappa shape index (κ3) is 4.42. The number of carbonyl (C=O) groups is 1. The fourth-order valence-corrected chi connectivity index (χ4v) is 4.93. The monoisotopic (exact) mass is 478 g/mol. The van der Waals surface area contributed by atoms with Crippen LogP contribution in [0.1, 0.15) is 16.5 Å². The van der Waals surface area contributed by atoms with E-state index in [1.54, 1.807) is 29.2 Å². The van der Waals surface area contributed by atoms with E-state index in [0.717, 1.165) is 11.1 Å². The summed E-state index contributed by atoms with van der Waals surface area (Å²) in [6, 6.07) is 19.1. The lowest BCUT2D eigenvalue weighted by Gasteiger charge is -2.25. The van der Waals surface area contributed by atoms with Crippen molar-refractivity contribution in [1.82, 2.24) is 0 Å². The summed E-state index contributed by atoms with van der Waals surface area (Å²) < 4.78 is 16.4. The molecule has 0 N–H and O–H groups in total. The summed E-state index contributed by atoms with van der Waals surface area (Å²) >= 11 is 1.38. The van der Waals surface area contributed by atoms with Crippen molar-refractivity contribution in [3.8, 4) is 17.2 Å². The van der Waals surface area contributed by atoms with Crippen molar-refractivity contribution in [2.45, 2.75) is 5.37 Å². The number of nitro benzene ring substituents is 1. The molecule has 0 bridgehead atoms. The molecule has 1 amide bonds. The Morgan fingerprint density at radius 3 is 2.09 bits per heavy atom. The number of carbonyl (C=O) groups excluding carboxylic acids is 1. The van der Waals surface area contributed by atoms with Crippen LogP contribution < -0.4 is 19.1 Å². The zero-order chi connectivity index (χ0) is 24.2. The van der Waals surface area contributed by atoms with Gasteiger partial charge in [-0.05, 0) is 41.5 Å². The number of methoxy groups -OCH3 is 3. The molecule has 34 heavy (non-hydrogen) atoms. The van der Waals surface area contributed by atoms with E-state index in [2.05, 4.69) is 0 Å². The van der Waals surface area contributed by atoms with E-state index in [4.69, 9.17) is 14.2 Å². The van der Waals surface area contributed by atoms with Crippen LogP contribution in [-0.4, -0.2) is 32.2 Å². The number of nitrogens with zero attached hydrogens (tertiary/aromatic N) is 2. The molecule has 1 saturated heterocycles. The highest BCUT2D eigenvalue weighted by molar-refractivity contribution is 8.05. The van der Waals surface area contributed by atoms with E-state index in [1.807, 2.05) is 36.4 Å². The van der Waals surface area contributed by atoms with Crippen LogP contribution in [-0.2, 0) is 4.79 Å². The van der Waals surface area contributed by atoms with E-state index in [9.17, 15) is 14.9 Å². The largest absolute Gasteiger partial charge is 0.493 e. The molecule has 1 atom stereocenters. The molecule has 1 aliphatic rings. The van der Waals surface area contributed by atoms with Gasteiger partial charge in [0.1, 0.15) is 5.37 Å². The summed E-state index contributed by atoms with van der Waals surface area (Å²) in [5.74, 6) is 1.18. The normalized spacial score (nSPS) is 16.6. The van der Waals surface area contributed by atoms with Gasteiger partial charge in [0.05, 0.1) is 31.2 Å². The lowest BCUT2D eigenvalue weighted by Crippen LogP contribution is -2.27. The minimum atomic E-state index is -0.470. The quantitative estimate of drug-likeness (QED) is 0.254. The smallest absolute Gasteiger partial charge is 0.269 e. The van der Waals surface area contributed by atoms with E-state index >= 15 is 0 Å². The maximum atomic E-state index is 13.6. The van der Waals surface area contributed by atoms with Crippen LogP contribution >= 0.6 is 11.8 Å². The maximum Gasteiger partial charge on any atom is 0.269 e. The Labute approximate surface area is 200 Å². The fraction of sp³-hybridized carbons (Fsp3) is 0.160. The summed E-state index contributed by atoms with van der Waals surface area (Å²) in [6.07, 6.45) is 1.84. The molecular weight excluding hydrogens is 456 g/mol. The summed E-state index contributed by atoms with van der Waals surface area (Å²) in [4.78, 5) is 26.4. The van der Waals surface area contributed by atoms with Crippen molar-refractivity contribution >= 4 is 35.1 Å². The molecule has 8 nitrogen and oxygen atoms in total. The van der Waals surface area contributed by atoms with E-state index in [1.165, 1.54) is 45.2 Å². The number of ether oxygens (including phenoxy) is 3. The Bertz CT molecular complexity index is 1220. The van der Waals surface area contributed by atoms with Crippen LogP contribution in [0, 0.1) is 10.1 Å². The predicted octanol–water partition coefficient (Wildman–Crippen LogP) is 5.44. The minimum absolute atomic E-state index is 0.0487. The van der Waals surface area contributed by atoms with Crippen LogP contribution in [0.25, 0.3) is 6.08 Å². The van der Waals surface area contributed by atoms with E-state index in [0.29, 0.717) is 27.8 Å². The molecule has 0 radical (unpaired) electrons. The van der Waals surface area contributed by atoms with Gasteiger partial charge in [-0.2, -0.15) is 0 Å². The standard InChI is InChI=1S/C25H22N2O6S/c1-31-20-14-17(15-21(32-2)23(20)33-3)25-26(18-9-11-19(12-10-18)27(29)30)24(28)22(34-25)13-16-7-5-4-6-8-16/h4-15,25H,1-3H3. The Kier molecular flexibility index (Phi) is 6.74. The zero-order valence-electron chi connectivity index (χ0n) is 18.8. The molecule has 174 valence electrons. The predicted molar refractivity (Wildman–Crippen MR) is 131 cm³/mol. The first-order valence-electron chi connectivity index (χ1n) is 10.3. The van der Waals surface area contributed by atoms with Gasteiger partial charge in [-0.15, -0.1) is 0 Å². The van der Waals surface area contributed by atoms with Gasteiger partial charge in [-0.1, -0.05) is 42.1 Å². The highest BCUT2D eigenvalue weighted by Crippen LogP contribution is 2.51. The lowest BCUT2D eigenvalue weighted by molar-refractivity contribution is -0.384. The number of hydrogen-bond acceptors (Lipinski definition) is 7. The number of rotatable bonds is 7. The molecule has 9 heteroatoms. The maximum absolute atomic E-state index is 13.6. The van der Waals surface area contributed by atoms with E-state index in [-0.39, 0.29) is 11.6 Å². The Morgan fingerprint density at radius 2 is 1.56 bits per heavy atom. The first-order valence-corrected chi connectivity index (χ1v) is 11.2. The molecule has 4 rings (SSSR count). The summed E-state index contributed by atoms with van der Waals surface area (Å²) in [5.41, 5.74) is 2.14. The first kappa shape index (κ1) is 23.2. The van der Waals surface area contributed by atoms with Crippen molar-refractivity contribution in [1.29, 1.82) is 0 Å². The van der Waals surface area contributed by atoms with Crippen molar-refractivity contribution in [3.63, 3.8) is 0 Å². The van der Waals surface area contributed by atoms with Crippen molar-refractivity contribution in [2.24, 2.45) is 0 Å². The van der Waals surface area contributed by atoms with E-state index < -0.39 is 10.3 Å². The molecule has 0 saturated carbocycles. The second kappa shape index (κ2) is 9.88. The zero-order valence-corrected chi connectivity index (χ0v) is 19.6. The molecule has 3 aromatic carbocycles. The average molecular weight is 479 g/mol. The molecule has 1 unspecified atom stereocenters. The average Bonchev–Trinajstić information content (AvgIpc) is 3.19. The van der Waals surface area contributed by atoms with Gasteiger partial charge < -0.3 is 14.2 Å². The second-order valence-electron chi connectivity index (χ2n) is 7.30. The summed E-state index contributed by atoms with van der Waals surface area (Å²) in [6.45, 7) is 0. The van der Waals surface area contributed by atoms with Gasteiger partial charge in [-0.3, -0.25) is 19.8 Å². The Balaban J connectivity index is 1.83. The summed E-state index contributed by atoms with van der Waals surface area (Å²) in [5, 5.41) is 10.7. The number of amides is 1. The Morgan fingerprint density at radius 1 is 0.941 bits per heavy atom. The van der Waals surface area contributed by atoms with Crippen molar-refractivity contribution in [3.05, 3.63) is 92.9 Å². The molecule has 0 aromatic heterocycles. The number of nitro groups is 1. The molecule has 1 aliphatic heterocycles. The highest BCUT2D eigenvalue weighted by Gasteiger charge is 2.39. The van der Waals surface area contributed by atoms with Crippen LogP contribution in [0.2, 0.25) is 0 Å². The topological polar surface area (TPSA) is 91.1 Å². The van der Waals surface area contributed by atoms with Crippen LogP contribution in [0.5, 0.6) is 17.2 Å². The number of thioether (sulfide) groups is 1. The number of benzene rings is 3. The van der Waals surface area contributed by atoms with Gasteiger partial charge in [0.2, 0.25) is 5.75 Å². The third-order valence-electron chi connectivity index (χ3n) is 5.31. The number of hydrogen-bond donors (Lipinski definition) is 0. The lowest BCUT2D eigenvalue weighted by atomic mass is 10.1.